The molecule has 0 saturated heterocycles. The molecule has 0 aliphatic heterocycles. The summed E-state index contributed by atoms with van der Waals surface area (Å²) in [6, 6.07) is 9.41. The number of thiophene rings is 1. The molecule has 1 atom stereocenters. The summed E-state index contributed by atoms with van der Waals surface area (Å²) >= 11 is 7.80. The summed E-state index contributed by atoms with van der Waals surface area (Å²) in [6.45, 7) is 3.84. The van der Waals surface area contributed by atoms with Gasteiger partial charge in [0.2, 0.25) is 0 Å². The third kappa shape index (κ3) is 6.23. The van der Waals surface area contributed by atoms with Gasteiger partial charge in [-0.3, -0.25) is 4.99 Å². The summed E-state index contributed by atoms with van der Waals surface area (Å²) in [5, 5.41) is 18.3. The average Bonchev–Trinajstić information content (AvgIpc) is 3.04. The van der Waals surface area contributed by atoms with Crippen LogP contribution in [-0.2, 0) is 6.54 Å². The zero-order chi connectivity index (χ0) is 16.7. The number of aliphatic imine (C=N–C) groups is 1. The molecule has 0 saturated carbocycles. The van der Waals surface area contributed by atoms with Gasteiger partial charge in [-0.2, -0.15) is 11.3 Å². The van der Waals surface area contributed by atoms with E-state index in [0.29, 0.717) is 10.6 Å². The lowest BCUT2D eigenvalue weighted by Gasteiger charge is -2.22. The second kappa shape index (κ2) is 10.9. The predicted octanol–water partition coefficient (Wildman–Crippen LogP) is 4.15. The van der Waals surface area contributed by atoms with Gasteiger partial charge in [0, 0.05) is 30.7 Å². The molecule has 0 amide bonds. The number of hydrogen-bond acceptors (Lipinski definition) is 3. The van der Waals surface area contributed by atoms with Gasteiger partial charge < -0.3 is 15.3 Å². The lowest BCUT2D eigenvalue weighted by atomic mass is 10.1. The smallest absolute Gasteiger partial charge is 0.194 e. The van der Waals surface area contributed by atoms with E-state index in [4.69, 9.17) is 11.6 Å². The Balaban J connectivity index is 0.00000288. The highest BCUT2D eigenvalue weighted by Gasteiger charge is 2.12. The Hall–Kier alpha value is -0.830. The van der Waals surface area contributed by atoms with Crippen LogP contribution in [0.1, 0.15) is 24.2 Å². The minimum atomic E-state index is -0.716. The standard InChI is InChI=1S/C17H22ClN3OS.HI/c1-3-19-17(21(2)11-13-8-9-23-12-13)20-10-16(22)14-6-4-5-7-15(14)18;/h4-9,12,16,22H,3,10-11H2,1-2H3,(H,19,20);1H. The summed E-state index contributed by atoms with van der Waals surface area (Å²) in [6.07, 6.45) is -0.716. The summed E-state index contributed by atoms with van der Waals surface area (Å²) in [5.41, 5.74) is 1.95. The number of hydrogen-bond donors (Lipinski definition) is 2. The molecule has 7 heteroatoms. The van der Waals surface area contributed by atoms with E-state index in [-0.39, 0.29) is 30.5 Å². The Morgan fingerprint density at radius 2 is 2.12 bits per heavy atom. The number of guanidine groups is 1. The Morgan fingerprint density at radius 3 is 2.75 bits per heavy atom. The molecule has 1 aromatic heterocycles. The van der Waals surface area contributed by atoms with Crippen LogP contribution in [0.25, 0.3) is 0 Å². The van der Waals surface area contributed by atoms with Crippen molar-refractivity contribution >= 4 is 52.9 Å². The van der Waals surface area contributed by atoms with Crippen molar-refractivity contribution in [2.24, 2.45) is 4.99 Å². The lowest BCUT2D eigenvalue weighted by Crippen LogP contribution is -2.38. The minimum Gasteiger partial charge on any atom is -0.386 e. The molecule has 4 nitrogen and oxygen atoms in total. The number of aliphatic hydroxyl groups is 1. The molecule has 0 fully saturated rings. The van der Waals surface area contributed by atoms with Crippen molar-refractivity contribution in [3.05, 3.63) is 57.2 Å². The van der Waals surface area contributed by atoms with Crippen molar-refractivity contribution in [1.29, 1.82) is 0 Å². The Labute approximate surface area is 169 Å². The number of nitrogens with zero attached hydrogens (tertiary/aromatic N) is 2. The summed E-state index contributed by atoms with van der Waals surface area (Å²) in [7, 11) is 1.99. The van der Waals surface area contributed by atoms with E-state index in [0.717, 1.165) is 19.0 Å². The first-order valence-electron chi connectivity index (χ1n) is 7.54. The quantitative estimate of drug-likeness (QED) is 0.372. The first-order chi connectivity index (χ1) is 11.1. The predicted molar refractivity (Wildman–Crippen MR) is 114 cm³/mol. The fourth-order valence-electron chi connectivity index (χ4n) is 2.22. The Kier molecular flexibility index (Phi) is 9.65. The molecule has 2 aromatic rings. The van der Waals surface area contributed by atoms with Crippen molar-refractivity contribution in [1.82, 2.24) is 10.2 Å². The van der Waals surface area contributed by atoms with Gasteiger partial charge in [-0.25, -0.2) is 0 Å². The number of nitrogens with one attached hydrogen (secondary N) is 1. The third-order valence-corrected chi connectivity index (χ3v) is 4.45. The molecule has 1 unspecified atom stereocenters. The van der Waals surface area contributed by atoms with Crippen molar-refractivity contribution < 1.29 is 5.11 Å². The highest BCUT2D eigenvalue weighted by molar-refractivity contribution is 14.0. The minimum absolute atomic E-state index is 0. The van der Waals surface area contributed by atoms with Gasteiger partial charge in [0.15, 0.2) is 5.96 Å². The SMILES string of the molecule is CCNC(=NCC(O)c1ccccc1Cl)N(C)Cc1ccsc1.I. The lowest BCUT2D eigenvalue weighted by molar-refractivity contribution is 0.186. The molecule has 24 heavy (non-hydrogen) atoms. The molecule has 0 aliphatic rings. The van der Waals surface area contributed by atoms with E-state index in [1.165, 1.54) is 5.56 Å². The zero-order valence-electron chi connectivity index (χ0n) is 13.8. The van der Waals surface area contributed by atoms with Crippen LogP contribution in [0.3, 0.4) is 0 Å². The normalized spacial score (nSPS) is 12.4. The fourth-order valence-corrected chi connectivity index (χ4v) is 3.14. The van der Waals surface area contributed by atoms with Crippen molar-refractivity contribution in [2.75, 3.05) is 20.1 Å². The second-order valence-electron chi connectivity index (χ2n) is 5.22. The van der Waals surface area contributed by atoms with Crippen molar-refractivity contribution in [3.63, 3.8) is 0 Å². The highest BCUT2D eigenvalue weighted by atomic mass is 127. The molecule has 0 radical (unpaired) electrons. The summed E-state index contributed by atoms with van der Waals surface area (Å²) in [5.74, 6) is 0.768. The van der Waals surface area contributed by atoms with E-state index >= 15 is 0 Å². The van der Waals surface area contributed by atoms with Gasteiger partial charge in [0.05, 0.1) is 6.54 Å². The number of halogens is 2. The van der Waals surface area contributed by atoms with E-state index in [9.17, 15) is 5.11 Å². The third-order valence-electron chi connectivity index (χ3n) is 3.37. The molecular weight excluding hydrogens is 457 g/mol. The monoisotopic (exact) mass is 479 g/mol. The topological polar surface area (TPSA) is 47.9 Å². The van der Waals surface area contributed by atoms with Gasteiger partial charge in [-0.05, 0) is 35.4 Å². The molecule has 0 spiro atoms. The van der Waals surface area contributed by atoms with Gasteiger partial charge in [0.25, 0.3) is 0 Å². The van der Waals surface area contributed by atoms with Gasteiger partial charge in [-0.1, -0.05) is 29.8 Å². The molecule has 1 heterocycles. The molecule has 0 aliphatic carbocycles. The largest absolute Gasteiger partial charge is 0.386 e. The van der Waals surface area contributed by atoms with Gasteiger partial charge in [0.1, 0.15) is 6.10 Å². The van der Waals surface area contributed by atoms with Gasteiger partial charge >= 0.3 is 0 Å². The first kappa shape index (κ1) is 21.2. The summed E-state index contributed by atoms with van der Waals surface area (Å²) < 4.78 is 0. The van der Waals surface area contributed by atoms with Crippen LogP contribution in [0.5, 0.6) is 0 Å². The van der Waals surface area contributed by atoms with Crippen LogP contribution < -0.4 is 5.32 Å². The number of rotatable bonds is 6. The molecule has 132 valence electrons. The number of aliphatic hydroxyl groups excluding tert-OH is 1. The van der Waals surface area contributed by atoms with E-state index < -0.39 is 6.10 Å². The van der Waals surface area contributed by atoms with Crippen LogP contribution in [0.15, 0.2) is 46.1 Å². The van der Waals surface area contributed by atoms with E-state index in [1.54, 1.807) is 17.4 Å². The zero-order valence-corrected chi connectivity index (χ0v) is 17.7. The van der Waals surface area contributed by atoms with E-state index in [1.807, 2.05) is 37.1 Å². The molecule has 2 N–H and O–H groups in total. The van der Waals surface area contributed by atoms with Crippen molar-refractivity contribution in [3.8, 4) is 0 Å². The van der Waals surface area contributed by atoms with Gasteiger partial charge in [-0.15, -0.1) is 24.0 Å². The average molecular weight is 480 g/mol. The summed E-state index contributed by atoms with van der Waals surface area (Å²) in [4.78, 5) is 6.58. The number of benzene rings is 1. The second-order valence-corrected chi connectivity index (χ2v) is 6.41. The maximum absolute atomic E-state index is 10.3. The maximum Gasteiger partial charge on any atom is 0.194 e. The molecular formula is C17H23ClIN3OS. The molecule has 0 bridgehead atoms. The van der Waals surface area contributed by atoms with Crippen LogP contribution in [0.4, 0.5) is 0 Å². The van der Waals surface area contributed by atoms with Crippen LogP contribution in [-0.4, -0.2) is 36.1 Å². The first-order valence-corrected chi connectivity index (χ1v) is 8.87. The maximum atomic E-state index is 10.3. The Bertz CT molecular complexity index is 637. The van der Waals surface area contributed by atoms with Crippen LogP contribution >= 0.6 is 46.9 Å². The van der Waals surface area contributed by atoms with E-state index in [2.05, 4.69) is 27.1 Å². The molecule has 2 rings (SSSR count). The van der Waals surface area contributed by atoms with Crippen LogP contribution in [0, 0.1) is 0 Å². The molecule has 1 aromatic carbocycles. The Morgan fingerprint density at radius 1 is 1.38 bits per heavy atom. The van der Waals surface area contributed by atoms with Crippen molar-refractivity contribution in [2.45, 2.75) is 19.6 Å². The fraction of sp³-hybridized carbons (Fsp3) is 0.353. The van der Waals surface area contributed by atoms with Crippen LogP contribution in [0.2, 0.25) is 5.02 Å². The highest BCUT2D eigenvalue weighted by Crippen LogP contribution is 2.22.